The highest BCUT2D eigenvalue weighted by molar-refractivity contribution is 7.09. The molecule has 0 N–H and O–H groups in total. The lowest BCUT2D eigenvalue weighted by molar-refractivity contribution is -0.128. The van der Waals surface area contributed by atoms with Crippen LogP contribution in [0.25, 0.3) is 6.08 Å². The second-order valence-electron chi connectivity index (χ2n) is 6.73. The number of fused-ring (bicyclic) bond motifs is 1. The van der Waals surface area contributed by atoms with Gasteiger partial charge in [0.1, 0.15) is 5.75 Å². The topological polar surface area (TPSA) is 38.8 Å². The molecule has 5 heteroatoms. The van der Waals surface area contributed by atoms with Crippen molar-refractivity contribution in [1.29, 1.82) is 0 Å². The first-order chi connectivity index (χ1) is 12.8. The van der Waals surface area contributed by atoms with Crippen LogP contribution in [0.5, 0.6) is 5.75 Å². The Labute approximate surface area is 158 Å². The Morgan fingerprint density at radius 2 is 2.27 bits per heavy atom. The number of nitrogens with zero attached hydrogens (tertiary/aromatic N) is 1. The van der Waals surface area contributed by atoms with Crippen LogP contribution < -0.4 is 4.74 Å². The molecule has 1 aromatic carbocycles. The molecule has 0 spiro atoms. The van der Waals surface area contributed by atoms with Crippen molar-refractivity contribution in [2.24, 2.45) is 0 Å². The van der Waals surface area contributed by atoms with Gasteiger partial charge in [0.2, 0.25) is 5.91 Å². The molecule has 2 aromatic rings. The number of benzene rings is 1. The number of carbonyl (C=O) groups is 1. The van der Waals surface area contributed by atoms with Crippen LogP contribution in [0.4, 0.5) is 0 Å². The van der Waals surface area contributed by atoms with Crippen molar-refractivity contribution in [3.05, 3.63) is 57.8 Å². The van der Waals surface area contributed by atoms with E-state index in [0.29, 0.717) is 13.1 Å². The van der Waals surface area contributed by atoms with Gasteiger partial charge in [-0.1, -0.05) is 12.1 Å². The molecule has 4 nitrogen and oxygen atoms in total. The molecular formula is C21H23NO3S. The van der Waals surface area contributed by atoms with Gasteiger partial charge in [0.15, 0.2) is 0 Å². The predicted molar refractivity (Wildman–Crippen MR) is 103 cm³/mol. The van der Waals surface area contributed by atoms with Crippen molar-refractivity contribution in [3.8, 4) is 5.75 Å². The van der Waals surface area contributed by atoms with E-state index in [4.69, 9.17) is 9.47 Å². The van der Waals surface area contributed by atoms with Gasteiger partial charge >= 0.3 is 0 Å². The summed E-state index contributed by atoms with van der Waals surface area (Å²) < 4.78 is 11.3. The molecule has 1 unspecified atom stereocenters. The van der Waals surface area contributed by atoms with E-state index in [1.54, 1.807) is 17.4 Å². The first-order valence-electron chi connectivity index (χ1n) is 9.14. The molecule has 1 amide bonds. The summed E-state index contributed by atoms with van der Waals surface area (Å²) in [6.45, 7) is 2.84. The second kappa shape index (κ2) is 8.06. The van der Waals surface area contributed by atoms with Gasteiger partial charge in [-0.15, -0.1) is 11.3 Å². The SMILES string of the molecule is O=C(/C=C/c1ccc2c(c1)CCO2)N(Cc1cccs1)CC1CCCO1. The van der Waals surface area contributed by atoms with Crippen LogP contribution >= 0.6 is 11.3 Å². The van der Waals surface area contributed by atoms with Gasteiger partial charge in [-0.05, 0) is 53.6 Å². The Morgan fingerprint density at radius 3 is 3.08 bits per heavy atom. The summed E-state index contributed by atoms with van der Waals surface area (Å²) in [5.74, 6) is 0.997. The molecule has 1 fully saturated rings. The van der Waals surface area contributed by atoms with Crippen LogP contribution in [-0.2, 0) is 22.5 Å². The average molecular weight is 369 g/mol. The second-order valence-corrected chi connectivity index (χ2v) is 7.76. The zero-order valence-corrected chi connectivity index (χ0v) is 15.5. The van der Waals surface area contributed by atoms with Gasteiger partial charge in [-0.25, -0.2) is 0 Å². The van der Waals surface area contributed by atoms with E-state index in [-0.39, 0.29) is 12.0 Å². The van der Waals surface area contributed by atoms with E-state index in [1.807, 2.05) is 34.6 Å². The summed E-state index contributed by atoms with van der Waals surface area (Å²) in [4.78, 5) is 15.9. The number of hydrogen-bond acceptors (Lipinski definition) is 4. The lowest BCUT2D eigenvalue weighted by atomic mass is 10.1. The third kappa shape index (κ3) is 4.17. The largest absolute Gasteiger partial charge is 0.493 e. The monoisotopic (exact) mass is 369 g/mol. The molecule has 4 rings (SSSR count). The Bertz CT molecular complexity index is 779. The number of carbonyl (C=O) groups excluding carboxylic acids is 1. The highest BCUT2D eigenvalue weighted by Gasteiger charge is 2.22. The van der Waals surface area contributed by atoms with Crippen LogP contribution in [-0.4, -0.2) is 36.7 Å². The van der Waals surface area contributed by atoms with E-state index < -0.39 is 0 Å². The van der Waals surface area contributed by atoms with Crippen molar-refractivity contribution in [3.63, 3.8) is 0 Å². The van der Waals surface area contributed by atoms with Crippen LogP contribution in [0.3, 0.4) is 0 Å². The predicted octanol–water partition coefficient (Wildman–Crippen LogP) is 3.90. The quantitative estimate of drug-likeness (QED) is 0.725. The molecule has 0 bridgehead atoms. The lowest BCUT2D eigenvalue weighted by Gasteiger charge is -2.23. The Hall–Kier alpha value is -2.11. The fourth-order valence-electron chi connectivity index (χ4n) is 3.44. The molecule has 1 saturated heterocycles. The first kappa shape index (κ1) is 17.3. The minimum atomic E-state index is 0.0330. The normalized spacial score (nSPS) is 18.8. The molecule has 2 aliphatic rings. The molecule has 0 aliphatic carbocycles. The summed E-state index contributed by atoms with van der Waals surface area (Å²) in [5, 5.41) is 2.05. The van der Waals surface area contributed by atoms with E-state index in [2.05, 4.69) is 12.1 Å². The Balaban J connectivity index is 1.45. The fourth-order valence-corrected chi connectivity index (χ4v) is 4.16. The van der Waals surface area contributed by atoms with Gasteiger partial charge in [-0.2, -0.15) is 0 Å². The van der Waals surface area contributed by atoms with E-state index in [0.717, 1.165) is 43.8 Å². The summed E-state index contributed by atoms with van der Waals surface area (Å²) >= 11 is 1.68. The smallest absolute Gasteiger partial charge is 0.246 e. The number of rotatable bonds is 6. The third-order valence-electron chi connectivity index (χ3n) is 4.82. The van der Waals surface area contributed by atoms with E-state index in [9.17, 15) is 4.79 Å². The molecule has 1 aromatic heterocycles. The van der Waals surface area contributed by atoms with Gasteiger partial charge in [0, 0.05) is 30.5 Å². The summed E-state index contributed by atoms with van der Waals surface area (Å²) in [7, 11) is 0. The van der Waals surface area contributed by atoms with Crippen molar-refractivity contribution in [1.82, 2.24) is 4.90 Å². The van der Waals surface area contributed by atoms with Gasteiger partial charge in [-0.3, -0.25) is 4.79 Å². The molecule has 1 atom stereocenters. The van der Waals surface area contributed by atoms with Crippen molar-refractivity contribution >= 4 is 23.3 Å². The number of ether oxygens (including phenoxy) is 2. The Morgan fingerprint density at radius 1 is 1.31 bits per heavy atom. The zero-order valence-electron chi connectivity index (χ0n) is 14.7. The maximum Gasteiger partial charge on any atom is 0.246 e. The van der Waals surface area contributed by atoms with Gasteiger partial charge < -0.3 is 14.4 Å². The molecule has 0 saturated carbocycles. The molecule has 26 heavy (non-hydrogen) atoms. The molecule has 136 valence electrons. The van der Waals surface area contributed by atoms with E-state index in [1.165, 1.54) is 10.4 Å². The maximum atomic E-state index is 12.8. The summed E-state index contributed by atoms with van der Waals surface area (Å²) in [6.07, 6.45) is 6.79. The third-order valence-corrected chi connectivity index (χ3v) is 5.68. The van der Waals surface area contributed by atoms with Crippen LogP contribution in [0.15, 0.2) is 41.8 Å². The van der Waals surface area contributed by atoms with Crippen molar-refractivity contribution < 1.29 is 14.3 Å². The summed E-state index contributed by atoms with van der Waals surface area (Å²) in [5.41, 5.74) is 2.25. The van der Waals surface area contributed by atoms with E-state index >= 15 is 0 Å². The minimum absolute atomic E-state index is 0.0330. The molecular weight excluding hydrogens is 346 g/mol. The Kier molecular flexibility index (Phi) is 5.37. The number of thiophene rings is 1. The average Bonchev–Trinajstić information content (AvgIpc) is 3.40. The van der Waals surface area contributed by atoms with Gasteiger partial charge in [0.25, 0.3) is 0 Å². The van der Waals surface area contributed by atoms with Crippen LogP contribution in [0.2, 0.25) is 0 Å². The first-order valence-corrected chi connectivity index (χ1v) is 10.0. The van der Waals surface area contributed by atoms with Crippen molar-refractivity contribution in [2.45, 2.75) is 31.9 Å². The van der Waals surface area contributed by atoms with Crippen LogP contribution in [0.1, 0.15) is 28.8 Å². The minimum Gasteiger partial charge on any atom is -0.493 e. The van der Waals surface area contributed by atoms with Crippen LogP contribution in [0, 0.1) is 0 Å². The summed E-state index contributed by atoms with van der Waals surface area (Å²) in [6, 6.07) is 10.2. The fraction of sp³-hybridized carbons (Fsp3) is 0.381. The standard InChI is InChI=1S/C21H23NO3S/c23-21(8-6-16-5-7-20-17(13-16)9-11-25-20)22(14-18-3-1-10-24-18)15-19-4-2-12-26-19/h2,4-8,12-13,18H,1,3,9-11,14-15H2/b8-6+. The number of hydrogen-bond donors (Lipinski definition) is 0. The molecule has 3 heterocycles. The molecule has 0 radical (unpaired) electrons. The maximum absolute atomic E-state index is 12.8. The highest BCUT2D eigenvalue weighted by atomic mass is 32.1. The lowest BCUT2D eigenvalue weighted by Crippen LogP contribution is -2.35. The van der Waals surface area contributed by atoms with Crippen molar-refractivity contribution in [2.75, 3.05) is 19.8 Å². The highest BCUT2D eigenvalue weighted by Crippen LogP contribution is 2.26. The van der Waals surface area contributed by atoms with Gasteiger partial charge in [0.05, 0.1) is 19.3 Å². The zero-order chi connectivity index (χ0) is 17.8. The number of amides is 1. The molecule has 2 aliphatic heterocycles.